The van der Waals surface area contributed by atoms with Crippen molar-refractivity contribution in [3.05, 3.63) is 60.2 Å². The number of hydrogen-bond donors (Lipinski definition) is 1. The Bertz CT molecular complexity index is 1010. The summed E-state index contributed by atoms with van der Waals surface area (Å²) in [5.41, 5.74) is -0.450. The van der Waals surface area contributed by atoms with Gasteiger partial charge in [-0.25, -0.2) is 4.79 Å². The Kier molecular flexibility index (Phi) is 6.03. The summed E-state index contributed by atoms with van der Waals surface area (Å²) in [7, 11) is 0. The number of imide groups is 1. The molecule has 2 aromatic carbocycles. The van der Waals surface area contributed by atoms with Crippen LogP contribution < -0.4 is 14.8 Å². The molecule has 0 aromatic heterocycles. The van der Waals surface area contributed by atoms with Crippen LogP contribution in [0.4, 0.5) is 4.79 Å². The molecule has 1 fully saturated rings. The Hall–Kier alpha value is -3.55. The maximum Gasteiger partial charge on any atom is 0.325 e. The van der Waals surface area contributed by atoms with E-state index in [4.69, 9.17) is 9.47 Å². The predicted molar refractivity (Wildman–Crippen MR) is 117 cm³/mol. The smallest absolute Gasteiger partial charge is 0.325 e. The zero-order chi connectivity index (χ0) is 22.7. The van der Waals surface area contributed by atoms with Crippen molar-refractivity contribution < 1.29 is 23.9 Å². The molecular formula is C24H27N3O5. The first-order valence-corrected chi connectivity index (χ1v) is 10.8. The second kappa shape index (κ2) is 8.90. The van der Waals surface area contributed by atoms with Gasteiger partial charge in [0, 0.05) is 6.54 Å². The Morgan fingerprint density at radius 3 is 2.47 bits per heavy atom. The lowest BCUT2D eigenvalue weighted by Gasteiger charge is -2.31. The molecule has 2 aromatic rings. The van der Waals surface area contributed by atoms with Crippen molar-refractivity contribution in [2.45, 2.75) is 31.9 Å². The predicted octanol–water partition coefficient (Wildman–Crippen LogP) is 2.53. The fourth-order valence-electron chi connectivity index (χ4n) is 4.17. The highest BCUT2D eigenvalue weighted by atomic mass is 16.6. The van der Waals surface area contributed by atoms with Crippen molar-refractivity contribution >= 4 is 17.8 Å². The number of fused-ring (bicyclic) bond motifs is 1. The number of carbonyl (C=O) groups is 3. The minimum Gasteiger partial charge on any atom is -0.486 e. The summed E-state index contributed by atoms with van der Waals surface area (Å²) in [6.07, 6.45) is 0.0483. The van der Waals surface area contributed by atoms with Crippen LogP contribution in [0.5, 0.6) is 11.5 Å². The third kappa shape index (κ3) is 3.88. The molecule has 8 nitrogen and oxygen atoms in total. The zero-order valence-corrected chi connectivity index (χ0v) is 18.2. The minimum atomic E-state index is -1.15. The highest BCUT2D eigenvalue weighted by molar-refractivity contribution is 6.09. The summed E-state index contributed by atoms with van der Waals surface area (Å²) in [5.74, 6) is 0.580. The van der Waals surface area contributed by atoms with Gasteiger partial charge < -0.3 is 19.7 Å². The molecule has 0 radical (unpaired) electrons. The molecule has 2 aliphatic heterocycles. The third-order valence-corrected chi connectivity index (χ3v) is 5.99. The Balaban J connectivity index is 1.44. The first-order valence-electron chi connectivity index (χ1n) is 10.8. The molecule has 0 spiro atoms. The maximum absolute atomic E-state index is 13.3. The lowest BCUT2D eigenvalue weighted by atomic mass is 9.87. The van der Waals surface area contributed by atoms with Gasteiger partial charge in [0.1, 0.15) is 18.7 Å². The number of ether oxygens (including phenoxy) is 2. The molecule has 2 heterocycles. The number of nitrogens with one attached hydrogen (secondary N) is 1. The van der Waals surface area contributed by atoms with Crippen LogP contribution in [-0.4, -0.2) is 60.0 Å². The van der Waals surface area contributed by atoms with E-state index in [0.717, 1.165) is 4.90 Å². The monoisotopic (exact) mass is 437 g/mol. The molecule has 32 heavy (non-hydrogen) atoms. The lowest BCUT2D eigenvalue weighted by Crippen LogP contribution is -2.48. The second-order valence-electron chi connectivity index (χ2n) is 7.88. The number of benzene rings is 2. The SMILES string of the molecule is CCN(C[C@@H]1COc2ccccc2O1)C(=O)CN1C(=O)N[C@@](CC)(c2ccccc2)C1=O. The highest BCUT2D eigenvalue weighted by Gasteiger charge is 2.51. The third-order valence-electron chi connectivity index (χ3n) is 5.99. The van der Waals surface area contributed by atoms with Gasteiger partial charge in [-0.2, -0.15) is 0 Å². The largest absolute Gasteiger partial charge is 0.486 e. The fourth-order valence-corrected chi connectivity index (χ4v) is 4.17. The molecule has 0 aliphatic carbocycles. The Morgan fingerprint density at radius 2 is 1.78 bits per heavy atom. The number of carbonyl (C=O) groups excluding carboxylic acids is 3. The van der Waals surface area contributed by atoms with Gasteiger partial charge >= 0.3 is 6.03 Å². The Morgan fingerprint density at radius 1 is 1.09 bits per heavy atom. The highest BCUT2D eigenvalue weighted by Crippen LogP contribution is 2.33. The molecule has 4 amide bonds. The first kappa shape index (κ1) is 21.7. The number of nitrogens with zero attached hydrogens (tertiary/aromatic N) is 2. The van der Waals surface area contributed by atoms with Crippen molar-refractivity contribution in [3.8, 4) is 11.5 Å². The van der Waals surface area contributed by atoms with Gasteiger partial charge in [0.05, 0.1) is 6.54 Å². The molecule has 4 rings (SSSR count). The summed E-state index contributed by atoms with van der Waals surface area (Å²) in [5, 5.41) is 2.81. The average Bonchev–Trinajstić information content (AvgIpc) is 3.08. The molecule has 0 unspecified atom stereocenters. The van der Waals surface area contributed by atoms with Gasteiger partial charge in [0.25, 0.3) is 5.91 Å². The quantitative estimate of drug-likeness (QED) is 0.673. The second-order valence-corrected chi connectivity index (χ2v) is 7.88. The van der Waals surface area contributed by atoms with E-state index in [2.05, 4.69) is 5.32 Å². The molecule has 168 valence electrons. The Labute approximate surface area is 187 Å². The standard InChI is InChI=1S/C24H27N3O5/c1-3-24(17-10-6-5-7-11-17)22(29)27(23(30)25-24)15-21(28)26(4-2)14-18-16-31-19-12-8-9-13-20(19)32-18/h5-13,18H,3-4,14-16H2,1-2H3,(H,25,30)/t18-,24+/m1/s1. The van der Waals surface area contributed by atoms with Gasteiger partial charge in [-0.3, -0.25) is 14.5 Å². The summed E-state index contributed by atoms with van der Waals surface area (Å²) in [6.45, 7) is 4.40. The summed E-state index contributed by atoms with van der Waals surface area (Å²) in [6, 6.07) is 15.9. The summed E-state index contributed by atoms with van der Waals surface area (Å²) in [4.78, 5) is 41.6. The van der Waals surface area contributed by atoms with Crippen molar-refractivity contribution in [1.29, 1.82) is 0 Å². The van der Waals surface area contributed by atoms with E-state index in [1.165, 1.54) is 0 Å². The maximum atomic E-state index is 13.3. The van der Waals surface area contributed by atoms with Crippen molar-refractivity contribution in [2.24, 2.45) is 0 Å². The summed E-state index contributed by atoms with van der Waals surface area (Å²) >= 11 is 0. The van der Waals surface area contributed by atoms with E-state index in [9.17, 15) is 14.4 Å². The van der Waals surface area contributed by atoms with E-state index >= 15 is 0 Å². The van der Waals surface area contributed by atoms with Crippen LogP contribution in [-0.2, 0) is 15.1 Å². The number of rotatable bonds is 7. The number of amides is 4. The van der Waals surface area contributed by atoms with Gasteiger partial charge in [0.2, 0.25) is 5.91 Å². The van der Waals surface area contributed by atoms with Gasteiger partial charge in [-0.1, -0.05) is 49.4 Å². The van der Waals surface area contributed by atoms with Gasteiger partial charge in [-0.15, -0.1) is 0 Å². The van der Waals surface area contributed by atoms with Crippen LogP contribution in [0.1, 0.15) is 25.8 Å². The molecular weight excluding hydrogens is 410 g/mol. The molecule has 2 aliphatic rings. The normalized spacial score (nSPS) is 21.9. The van der Waals surface area contributed by atoms with Crippen LogP contribution in [0.15, 0.2) is 54.6 Å². The molecule has 0 bridgehead atoms. The molecule has 1 N–H and O–H groups in total. The zero-order valence-electron chi connectivity index (χ0n) is 18.2. The molecule has 2 atom stereocenters. The van der Waals surface area contributed by atoms with Crippen LogP contribution in [0, 0.1) is 0 Å². The average molecular weight is 437 g/mol. The fraction of sp³-hybridized carbons (Fsp3) is 0.375. The van der Waals surface area contributed by atoms with E-state index in [1.807, 2.05) is 68.4 Å². The van der Waals surface area contributed by atoms with Crippen LogP contribution in [0.3, 0.4) is 0 Å². The van der Waals surface area contributed by atoms with Gasteiger partial charge in [0.15, 0.2) is 17.6 Å². The van der Waals surface area contributed by atoms with E-state index in [1.54, 1.807) is 4.90 Å². The summed E-state index contributed by atoms with van der Waals surface area (Å²) < 4.78 is 11.7. The molecule has 8 heteroatoms. The van der Waals surface area contributed by atoms with Crippen molar-refractivity contribution in [2.75, 3.05) is 26.2 Å². The van der Waals surface area contributed by atoms with E-state index in [0.29, 0.717) is 43.2 Å². The topological polar surface area (TPSA) is 88.2 Å². The first-order chi connectivity index (χ1) is 15.5. The van der Waals surface area contributed by atoms with E-state index < -0.39 is 17.5 Å². The molecule has 0 saturated carbocycles. The van der Waals surface area contributed by atoms with Gasteiger partial charge in [-0.05, 0) is 31.0 Å². The van der Waals surface area contributed by atoms with E-state index in [-0.39, 0.29) is 18.6 Å². The number of likely N-dealkylation sites (N-methyl/N-ethyl adjacent to an activating group) is 1. The van der Waals surface area contributed by atoms with Crippen LogP contribution >= 0.6 is 0 Å². The minimum absolute atomic E-state index is 0.297. The number of para-hydroxylation sites is 2. The van der Waals surface area contributed by atoms with Crippen molar-refractivity contribution in [3.63, 3.8) is 0 Å². The number of hydrogen-bond acceptors (Lipinski definition) is 5. The lowest BCUT2D eigenvalue weighted by molar-refractivity contribution is -0.140. The number of urea groups is 1. The van der Waals surface area contributed by atoms with Crippen molar-refractivity contribution in [1.82, 2.24) is 15.1 Å². The van der Waals surface area contributed by atoms with Crippen LogP contribution in [0.2, 0.25) is 0 Å². The molecule has 1 saturated heterocycles. The van der Waals surface area contributed by atoms with Crippen LogP contribution in [0.25, 0.3) is 0 Å².